The van der Waals surface area contributed by atoms with Gasteiger partial charge in [0, 0.05) is 0 Å². The summed E-state index contributed by atoms with van der Waals surface area (Å²) in [7, 11) is 0. The molecule has 0 spiro atoms. The number of nitriles is 1. The lowest BCUT2D eigenvalue weighted by Crippen LogP contribution is -1.98. The molecule has 0 radical (unpaired) electrons. The molecule has 0 aliphatic rings. The highest BCUT2D eigenvalue weighted by molar-refractivity contribution is 5.31. The van der Waals surface area contributed by atoms with E-state index in [4.69, 9.17) is 10.00 Å². The Morgan fingerprint density at radius 1 is 1.06 bits per heavy atom. The highest BCUT2D eigenvalue weighted by Gasteiger charge is 2.06. The van der Waals surface area contributed by atoms with Crippen LogP contribution in [0.3, 0.4) is 0 Å². The van der Waals surface area contributed by atoms with Gasteiger partial charge in [0.1, 0.15) is 5.75 Å². The van der Waals surface area contributed by atoms with Crippen LogP contribution < -0.4 is 4.74 Å². The summed E-state index contributed by atoms with van der Waals surface area (Å²) in [6, 6.07) is 18.1. The van der Waals surface area contributed by atoms with Gasteiger partial charge in [-0.05, 0) is 35.6 Å². The molecule has 2 nitrogen and oxygen atoms in total. The van der Waals surface area contributed by atoms with Gasteiger partial charge in [-0.2, -0.15) is 0 Å². The quantitative estimate of drug-likeness (QED) is 0.756. The molecule has 90 valence electrons. The van der Waals surface area contributed by atoms with E-state index in [0.717, 1.165) is 6.42 Å². The van der Waals surface area contributed by atoms with Crippen molar-refractivity contribution < 1.29 is 4.74 Å². The topological polar surface area (TPSA) is 33.0 Å². The van der Waals surface area contributed by atoms with E-state index in [2.05, 4.69) is 31.2 Å². The highest BCUT2D eigenvalue weighted by atomic mass is 16.5. The Morgan fingerprint density at radius 2 is 1.72 bits per heavy atom. The first-order valence-corrected chi connectivity index (χ1v) is 5.99. The predicted molar refractivity (Wildman–Crippen MR) is 71.2 cm³/mol. The van der Waals surface area contributed by atoms with Crippen molar-refractivity contribution in [2.45, 2.75) is 19.3 Å². The van der Waals surface area contributed by atoms with Crippen LogP contribution in [0, 0.1) is 11.5 Å². The molecular weight excluding hydrogens is 222 g/mol. The largest absolute Gasteiger partial charge is 0.388 e. The molecule has 1 unspecified atom stereocenters. The molecule has 0 aromatic heterocycles. The molecule has 2 heteroatoms. The third kappa shape index (κ3) is 3.11. The minimum absolute atomic E-state index is 0.448. The van der Waals surface area contributed by atoms with Crippen molar-refractivity contribution in [2.24, 2.45) is 0 Å². The molecule has 0 fully saturated rings. The first kappa shape index (κ1) is 12.2. The van der Waals surface area contributed by atoms with Gasteiger partial charge >= 0.3 is 0 Å². The van der Waals surface area contributed by atoms with Crippen LogP contribution in [-0.2, 0) is 6.42 Å². The summed E-state index contributed by atoms with van der Waals surface area (Å²) < 4.78 is 4.76. The van der Waals surface area contributed by atoms with Crippen LogP contribution >= 0.6 is 0 Å². The Kier molecular flexibility index (Phi) is 3.98. The Bertz CT molecular complexity index is 525. The third-order valence-electron chi connectivity index (χ3n) is 3.00. The van der Waals surface area contributed by atoms with Gasteiger partial charge in [0.05, 0.1) is 0 Å². The molecule has 2 rings (SSSR count). The second kappa shape index (κ2) is 5.88. The maximum Gasteiger partial charge on any atom is 0.292 e. The average Bonchev–Trinajstić information content (AvgIpc) is 2.41. The van der Waals surface area contributed by atoms with Crippen LogP contribution in [0.1, 0.15) is 24.0 Å². The van der Waals surface area contributed by atoms with Gasteiger partial charge in [-0.3, -0.25) is 0 Å². The van der Waals surface area contributed by atoms with Crippen LogP contribution in [0.25, 0.3) is 0 Å². The number of ether oxygens (including phenoxy) is 1. The van der Waals surface area contributed by atoms with E-state index in [1.54, 1.807) is 6.26 Å². The average molecular weight is 237 g/mol. The summed E-state index contributed by atoms with van der Waals surface area (Å²) in [4.78, 5) is 0. The van der Waals surface area contributed by atoms with E-state index >= 15 is 0 Å². The van der Waals surface area contributed by atoms with Crippen molar-refractivity contribution in [3.63, 3.8) is 0 Å². The smallest absolute Gasteiger partial charge is 0.292 e. The second-order valence-electron chi connectivity index (χ2n) is 4.35. The van der Waals surface area contributed by atoms with E-state index in [1.807, 2.05) is 30.3 Å². The zero-order chi connectivity index (χ0) is 12.8. The Labute approximate surface area is 107 Å². The Hall–Kier alpha value is -2.27. The number of nitrogens with zero attached hydrogens (tertiary/aromatic N) is 1. The van der Waals surface area contributed by atoms with E-state index in [-0.39, 0.29) is 0 Å². The zero-order valence-electron chi connectivity index (χ0n) is 10.3. The molecule has 2 aromatic carbocycles. The standard InChI is InChI=1S/C16H15NO/c1-13(11-14-5-3-2-4-6-14)15-7-9-16(10-8-15)18-12-17/h2-10,13H,11H2,1H3. The molecule has 0 aliphatic carbocycles. The van der Waals surface area contributed by atoms with Gasteiger partial charge in [0.15, 0.2) is 0 Å². The monoisotopic (exact) mass is 237 g/mol. The summed E-state index contributed by atoms with van der Waals surface area (Å²) in [6.45, 7) is 2.20. The minimum atomic E-state index is 0.448. The fourth-order valence-electron chi connectivity index (χ4n) is 2.00. The number of hydrogen-bond acceptors (Lipinski definition) is 2. The number of hydrogen-bond donors (Lipinski definition) is 0. The molecule has 2 aromatic rings. The third-order valence-corrected chi connectivity index (χ3v) is 3.00. The molecule has 18 heavy (non-hydrogen) atoms. The maximum absolute atomic E-state index is 8.42. The lowest BCUT2D eigenvalue weighted by Gasteiger charge is -2.12. The van der Waals surface area contributed by atoms with Crippen molar-refractivity contribution in [2.75, 3.05) is 0 Å². The number of rotatable bonds is 4. The summed E-state index contributed by atoms with van der Waals surface area (Å²) in [6.07, 6.45) is 2.69. The molecule has 0 aliphatic heterocycles. The van der Waals surface area contributed by atoms with Gasteiger partial charge in [-0.1, -0.05) is 49.4 Å². The van der Waals surface area contributed by atoms with Crippen LogP contribution in [0.2, 0.25) is 0 Å². The molecule has 0 heterocycles. The first-order valence-electron chi connectivity index (χ1n) is 5.99. The summed E-state index contributed by atoms with van der Waals surface area (Å²) in [5.74, 6) is 1.04. The summed E-state index contributed by atoms with van der Waals surface area (Å²) >= 11 is 0. The van der Waals surface area contributed by atoms with E-state index in [9.17, 15) is 0 Å². The summed E-state index contributed by atoms with van der Waals surface area (Å²) in [5.41, 5.74) is 2.59. The molecule has 0 bridgehead atoms. The first-order chi connectivity index (χ1) is 8.79. The van der Waals surface area contributed by atoms with Crippen molar-refractivity contribution in [1.82, 2.24) is 0 Å². The van der Waals surface area contributed by atoms with Gasteiger partial charge in [0.2, 0.25) is 0 Å². The summed E-state index contributed by atoms with van der Waals surface area (Å²) in [5, 5.41) is 8.42. The lowest BCUT2D eigenvalue weighted by atomic mass is 9.94. The van der Waals surface area contributed by atoms with Gasteiger partial charge in [-0.15, -0.1) is 5.26 Å². The normalized spacial score (nSPS) is 11.6. The van der Waals surface area contributed by atoms with Crippen LogP contribution in [0.5, 0.6) is 5.75 Å². The van der Waals surface area contributed by atoms with Gasteiger partial charge < -0.3 is 4.74 Å². The van der Waals surface area contributed by atoms with Crippen molar-refractivity contribution in [3.8, 4) is 12.0 Å². The minimum Gasteiger partial charge on any atom is -0.388 e. The van der Waals surface area contributed by atoms with E-state index < -0.39 is 0 Å². The van der Waals surface area contributed by atoms with Crippen LogP contribution in [0.15, 0.2) is 54.6 Å². The molecule has 1 atom stereocenters. The fraction of sp³-hybridized carbons (Fsp3) is 0.188. The van der Waals surface area contributed by atoms with Crippen molar-refractivity contribution in [1.29, 1.82) is 5.26 Å². The van der Waals surface area contributed by atoms with E-state index in [0.29, 0.717) is 11.7 Å². The molecule has 0 saturated carbocycles. The Balaban J connectivity index is 2.05. The fourth-order valence-corrected chi connectivity index (χ4v) is 2.00. The Morgan fingerprint density at radius 3 is 2.33 bits per heavy atom. The zero-order valence-corrected chi connectivity index (χ0v) is 10.3. The van der Waals surface area contributed by atoms with Gasteiger partial charge in [-0.25, -0.2) is 0 Å². The lowest BCUT2D eigenvalue weighted by molar-refractivity contribution is 0.506. The molecule has 0 saturated heterocycles. The molecule has 0 N–H and O–H groups in total. The SMILES string of the molecule is CC(Cc1ccccc1)c1ccc(OC#N)cc1. The van der Waals surface area contributed by atoms with E-state index in [1.165, 1.54) is 11.1 Å². The predicted octanol–water partition coefficient (Wildman–Crippen LogP) is 3.89. The second-order valence-corrected chi connectivity index (χ2v) is 4.35. The molecular formula is C16H15NO. The van der Waals surface area contributed by atoms with Crippen LogP contribution in [0.4, 0.5) is 0 Å². The highest BCUT2D eigenvalue weighted by Crippen LogP contribution is 2.22. The number of benzene rings is 2. The van der Waals surface area contributed by atoms with Crippen molar-refractivity contribution >= 4 is 0 Å². The van der Waals surface area contributed by atoms with Gasteiger partial charge in [0.25, 0.3) is 6.26 Å². The maximum atomic E-state index is 8.42. The van der Waals surface area contributed by atoms with Crippen molar-refractivity contribution in [3.05, 3.63) is 65.7 Å². The molecule has 0 amide bonds. The van der Waals surface area contributed by atoms with Crippen LogP contribution in [-0.4, -0.2) is 0 Å².